The second-order valence-corrected chi connectivity index (χ2v) is 4.32. The van der Waals surface area contributed by atoms with Crippen molar-refractivity contribution >= 4 is 11.6 Å². The fourth-order valence-corrected chi connectivity index (χ4v) is 2.37. The predicted molar refractivity (Wildman–Crippen MR) is 66.8 cm³/mol. The number of aromatic hydroxyl groups is 1. The molecule has 0 unspecified atom stereocenters. The number of phenols is 1. The summed E-state index contributed by atoms with van der Waals surface area (Å²) in [5.74, 6) is 0.237. The Kier molecular flexibility index (Phi) is 2.55. The van der Waals surface area contributed by atoms with Crippen molar-refractivity contribution < 1.29 is 14.3 Å². The van der Waals surface area contributed by atoms with Crippen LogP contribution in [0.2, 0.25) is 0 Å². The van der Waals surface area contributed by atoms with Crippen molar-refractivity contribution in [3.05, 3.63) is 47.9 Å². The van der Waals surface area contributed by atoms with Gasteiger partial charge in [0.15, 0.2) is 5.76 Å². The molecular weight excluding hydrogens is 230 g/mol. The summed E-state index contributed by atoms with van der Waals surface area (Å²) >= 11 is 0. The van der Waals surface area contributed by atoms with Crippen LogP contribution in [0.4, 0.5) is 5.69 Å². The molecule has 0 radical (unpaired) electrons. The molecule has 0 fully saturated rings. The maximum Gasteiger partial charge on any atom is 0.294 e. The summed E-state index contributed by atoms with van der Waals surface area (Å²) in [5.41, 5.74) is 1.62. The van der Waals surface area contributed by atoms with Crippen LogP contribution in [0.15, 0.2) is 41.0 Å². The monoisotopic (exact) mass is 243 g/mol. The molecule has 3 rings (SSSR count). The van der Waals surface area contributed by atoms with E-state index in [2.05, 4.69) is 0 Å². The van der Waals surface area contributed by atoms with E-state index in [0.717, 1.165) is 18.4 Å². The second-order valence-electron chi connectivity index (χ2n) is 4.32. The molecule has 0 bridgehead atoms. The van der Waals surface area contributed by atoms with Crippen LogP contribution in [0.1, 0.15) is 22.5 Å². The number of furan rings is 1. The maximum absolute atomic E-state index is 12.3. The number of hydrogen-bond donors (Lipinski definition) is 1. The number of nitrogens with zero attached hydrogens (tertiary/aromatic N) is 1. The summed E-state index contributed by atoms with van der Waals surface area (Å²) in [7, 11) is 0. The molecule has 4 nitrogen and oxygen atoms in total. The Hall–Kier alpha value is -2.23. The summed E-state index contributed by atoms with van der Waals surface area (Å²) < 4.78 is 5.13. The van der Waals surface area contributed by atoms with Crippen LogP contribution < -0.4 is 4.90 Å². The number of aryl methyl sites for hydroxylation is 1. The van der Waals surface area contributed by atoms with Crippen molar-refractivity contribution in [2.75, 3.05) is 11.4 Å². The highest BCUT2D eigenvalue weighted by molar-refractivity contribution is 6.05. The van der Waals surface area contributed by atoms with Gasteiger partial charge in [0.25, 0.3) is 5.91 Å². The molecule has 0 spiro atoms. The Morgan fingerprint density at radius 2 is 2.17 bits per heavy atom. The fourth-order valence-electron chi connectivity index (χ4n) is 2.37. The van der Waals surface area contributed by atoms with Gasteiger partial charge in [-0.1, -0.05) is 12.1 Å². The van der Waals surface area contributed by atoms with Crippen LogP contribution in [0.25, 0.3) is 0 Å². The van der Waals surface area contributed by atoms with Crippen LogP contribution in [0.5, 0.6) is 5.75 Å². The quantitative estimate of drug-likeness (QED) is 0.837. The number of phenolic OH excluding ortho intramolecular Hbond substituents is 1. The number of fused-ring (bicyclic) bond motifs is 1. The third kappa shape index (κ3) is 1.66. The van der Waals surface area contributed by atoms with E-state index < -0.39 is 0 Å². The first-order chi connectivity index (χ1) is 8.77. The number of carbonyl (C=O) groups is 1. The predicted octanol–water partition coefficient (Wildman–Crippen LogP) is 2.58. The van der Waals surface area contributed by atoms with Gasteiger partial charge < -0.3 is 14.4 Å². The molecule has 18 heavy (non-hydrogen) atoms. The number of rotatable bonds is 1. The summed E-state index contributed by atoms with van der Waals surface area (Å²) in [6.07, 6.45) is 3.25. The van der Waals surface area contributed by atoms with E-state index in [1.54, 1.807) is 29.2 Å². The summed E-state index contributed by atoms with van der Waals surface area (Å²) in [6.45, 7) is 0.601. The zero-order chi connectivity index (χ0) is 12.5. The lowest BCUT2D eigenvalue weighted by Gasteiger charge is -2.29. The van der Waals surface area contributed by atoms with Gasteiger partial charge in [0.2, 0.25) is 0 Å². The molecule has 0 saturated heterocycles. The van der Waals surface area contributed by atoms with Crippen LogP contribution in [-0.2, 0) is 6.42 Å². The van der Waals surface area contributed by atoms with Crippen molar-refractivity contribution in [1.29, 1.82) is 0 Å². The van der Waals surface area contributed by atoms with Gasteiger partial charge in [-0.3, -0.25) is 4.79 Å². The molecule has 2 aromatic rings. The minimum absolute atomic E-state index is 0.145. The third-order valence-electron chi connectivity index (χ3n) is 3.17. The number of para-hydroxylation sites is 1. The lowest BCUT2D eigenvalue weighted by molar-refractivity contribution is 0.0957. The highest BCUT2D eigenvalue weighted by Crippen LogP contribution is 2.36. The van der Waals surface area contributed by atoms with E-state index in [4.69, 9.17) is 4.42 Å². The summed E-state index contributed by atoms with van der Waals surface area (Å²) in [6, 6.07) is 8.66. The normalized spacial score (nSPS) is 14.3. The summed E-state index contributed by atoms with van der Waals surface area (Å²) in [4.78, 5) is 13.9. The first-order valence-corrected chi connectivity index (χ1v) is 5.93. The van der Waals surface area contributed by atoms with Crippen LogP contribution in [0.3, 0.4) is 0 Å². The molecule has 1 amide bonds. The molecule has 0 atom stereocenters. The Bertz CT molecular complexity index is 575. The molecule has 1 aromatic carbocycles. The minimum atomic E-state index is -0.206. The molecule has 92 valence electrons. The van der Waals surface area contributed by atoms with Gasteiger partial charge in [-0.05, 0) is 36.6 Å². The van der Waals surface area contributed by atoms with Gasteiger partial charge in [0, 0.05) is 6.54 Å². The van der Waals surface area contributed by atoms with E-state index >= 15 is 0 Å². The first kappa shape index (κ1) is 10.9. The number of benzene rings is 1. The van der Waals surface area contributed by atoms with Crippen molar-refractivity contribution in [2.45, 2.75) is 12.8 Å². The lowest BCUT2D eigenvalue weighted by Crippen LogP contribution is -2.35. The standard InChI is InChI=1S/C14H13NO3/c16-11-6-1-4-10-5-2-8-15(13(10)11)14(17)12-7-3-9-18-12/h1,3-4,6-7,9,16H,2,5,8H2. The lowest BCUT2D eigenvalue weighted by atomic mass is 10.0. The largest absolute Gasteiger partial charge is 0.506 e. The van der Waals surface area contributed by atoms with Gasteiger partial charge in [0.05, 0.1) is 12.0 Å². The highest BCUT2D eigenvalue weighted by Gasteiger charge is 2.27. The van der Waals surface area contributed by atoms with Crippen LogP contribution in [0, 0.1) is 0 Å². The Morgan fingerprint density at radius 3 is 2.94 bits per heavy atom. The molecule has 0 saturated carbocycles. The highest BCUT2D eigenvalue weighted by atomic mass is 16.3. The Labute approximate surface area is 104 Å². The molecular formula is C14H13NO3. The average molecular weight is 243 g/mol. The van der Waals surface area contributed by atoms with Crippen molar-refractivity contribution in [3.8, 4) is 5.75 Å². The maximum atomic E-state index is 12.3. The molecule has 1 aliphatic heterocycles. The van der Waals surface area contributed by atoms with E-state index in [1.807, 2.05) is 6.07 Å². The average Bonchev–Trinajstić information content (AvgIpc) is 2.91. The SMILES string of the molecule is O=C(c1ccco1)N1CCCc2cccc(O)c21. The van der Waals surface area contributed by atoms with E-state index in [9.17, 15) is 9.90 Å². The van der Waals surface area contributed by atoms with E-state index in [-0.39, 0.29) is 11.7 Å². The van der Waals surface area contributed by atoms with Gasteiger partial charge in [-0.2, -0.15) is 0 Å². The third-order valence-corrected chi connectivity index (χ3v) is 3.17. The van der Waals surface area contributed by atoms with Gasteiger partial charge >= 0.3 is 0 Å². The van der Waals surface area contributed by atoms with Gasteiger partial charge in [0.1, 0.15) is 5.75 Å². The number of anilines is 1. The van der Waals surface area contributed by atoms with Crippen molar-refractivity contribution in [1.82, 2.24) is 0 Å². The number of amides is 1. The summed E-state index contributed by atoms with van der Waals surface area (Å²) in [5, 5.41) is 9.95. The van der Waals surface area contributed by atoms with Crippen molar-refractivity contribution in [3.63, 3.8) is 0 Å². The zero-order valence-corrected chi connectivity index (χ0v) is 9.80. The molecule has 4 heteroatoms. The zero-order valence-electron chi connectivity index (χ0n) is 9.80. The van der Waals surface area contributed by atoms with Crippen LogP contribution >= 0.6 is 0 Å². The molecule has 1 aliphatic rings. The Morgan fingerprint density at radius 1 is 1.28 bits per heavy atom. The topological polar surface area (TPSA) is 53.7 Å². The molecule has 1 aromatic heterocycles. The fraction of sp³-hybridized carbons (Fsp3) is 0.214. The van der Waals surface area contributed by atoms with Gasteiger partial charge in [-0.15, -0.1) is 0 Å². The van der Waals surface area contributed by atoms with Crippen LogP contribution in [-0.4, -0.2) is 17.6 Å². The number of hydrogen-bond acceptors (Lipinski definition) is 3. The van der Waals surface area contributed by atoms with Crippen molar-refractivity contribution in [2.24, 2.45) is 0 Å². The first-order valence-electron chi connectivity index (χ1n) is 5.93. The number of carbonyl (C=O) groups excluding carboxylic acids is 1. The van der Waals surface area contributed by atoms with E-state index in [1.165, 1.54) is 6.26 Å². The molecule has 2 heterocycles. The Balaban J connectivity index is 2.04. The molecule has 1 N–H and O–H groups in total. The minimum Gasteiger partial charge on any atom is -0.506 e. The van der Waals surface area contributed by atoms with Gasteiger partial charge in [-0.25, -0.2) is 0 Å². The van der Waals surface area contributed by atoms with E-state index in [0.29, 0.717) is 18.0 Å². The smallest absolute Gasteiger partial charge is 0.294 e. The second kappa shape index (κ2) is 4.22. The molecule has 0 aliphatic carbocycles.